The van der Waals surface area contributed by atoms with Gasteiger partial charge in [0.2, 0.25) is 5.91 Å². The standard InChI is InChI=1S/C18H15ClF3N3O3/c19-12-6-7-14(13(8-12)16(27)11-4-2-1-3-5-11)23-9-15(26)25-17(28)24-10-18(20,21)22/h1-8,23H,9-10H2,(H2,24,25,26,28). The van der Waals surface area contributed by atoms with Crippen LogP contribution in [0.3, 0.4) is 0 Å². The van der Waals surface area contributed by atoms with E-state index >= 15 is 0 Å². The summed E-state index contributed by atoms with van der Waals surface area (Å²) in [5, 5.41) is 6.25. The highest BCUT2D eigenvalue weighted by atomic mass is 35.5. The van der Waals surface area contributed by atoms with E-state index in [0.717, 1.165) is 0 Å². The Kier molecular flexibility index (Phi) is 7.00. The molecule has 0 radical (unpaired) electrons. The molecule has 2 aromatic rings. The van der Waals surface area contributed by atoms with Gasteiger partial charge < -0.3 is 10.6 Å². The maximum Gasteiger partial charge on any atom is 0.405 e. The maximum absolute atomic E-state index is 12.7. The van der Waals surface area contributed by atoms with Crippen molar-refractivity contribution in [1.82, 2.24) is 10.6 Å². The van der Waals surface area contributed by atoms with Gasteiger partial charge in [-0.25, -0.2) is 4.79 Å². The number of ketones is 1. The number of halogens is 4. The van der Waals surface area contributed by atoms with E-state index < -0.39 is 31.2 Å². The first-order valence-corrected chi connectivity index (χ1v) is 8.31. The number of hydrogen-bond donors (Lipinski definition) is 3. The normalized spacial score (nSPS) is 10.9. The highest BCUT2D eigenvalue weighted by molar-refractivity contribution is 6.31. The zero-order valence-corrected chi connectivity index (χ0v) is 15.0. The van der Waals surface area contributed by atoms with Gasteiger partial charge in [0.15, 0.2) is 5.78 Å². The molecule has 0 saturated carbocycles. The lowest BCUT2D eigenvalue weighted by Crippen LogP contribution is -2.45. The Morgan fingerprint density at radius 1 is 1.00 bits per heavy atom. The zero-order valence-electron chi connectivity index (χ0n) is 14.3. The molecule has 28 heavy (non-hydrogen) atoms. The van der Waals surface area contributed by atoms with Gasteiger partial charge in [0, 0.05) is 21.8 Å². The van der Waals surface area contributed by atoms with Crippen LogP contribution in [0.5, 0.6) is 0 Å². The number of carbonyl (C=O) groups is 3. The second-order valence-electron chi connectivity index (χ2n) is 5.58. The molecule has 3 amide bonds. The molecule has 0 saturated heterocycles. The molecule has 0 atom stereocenters. The third kappa shape index (κ3) is 6.58. The number of hydrogen-bond acceptors (Lipinski definition) is 4. The quantitative estimate of drug-likeness (QED) is 0.634. The summed E-state index contributed by atoms with van der Waals surface area (Å²) in [5.41, 5.74) is 0.890. The zero-order chi connectivity index (χ0) is 20.7. The Morgan fingerprint density at radius 3 is 2.32 bits per heavy atom. The van der Waals surface area contributed by atoms with Crippen LogP contribution in [-0.4, -0.2) is 37.0 Å². The fraction of sp³-hybridized carbons (Fsp3) is 0.167. The fourth-order valence-corrected chi connectivity index (χ4v) is 2.35. The van der Waals surface area contributed by atoms with Crippen molar-refractivity contribution >= 4 is 35.0 Å². The molecule has 0 unspecified atom stereocenters. The van der Waals surface area contributed by atoms with Gasteiger partial charge in [-0.05, 0) is 18.2 Å². The monoisotopic (exact) mass is 413 g/mol. The summed E-state index contributed by atoms with van der Waals surface area (Å²) in [5.74, 6) is -1.22. The lowest BCUT2D eigenvalue weighted by Gasteiger charge is -2.13. The van der Waals surface area contributed by atoms with Crippen LogP contribution in [0.1, 0.15) is 15.9 Å². The maximum atomic E-state index is 12.7. The molecule has 3 N–H and O–H groups in total. The number of nitrogens with one attached hydrogen (secondary N) is 3. The summed E-state index contributed by atoms with van der Waals surface area (Å²) >= 11 is 5.95. The van der Waals surface area contributed by atoms with Crippen molar-refractivity contribution in [3.63, 3.8) is 0 Å². The molecule has 2 aromatic carbocycles. The van der Waals surface area contributed by atoms with Crippen LogP contribution in [0, 0.1) is 0 Å². The lowest BCUT2D eigenvalue weighted by molar-refractivity contribution is -0.124. The molecule has 0 aliphatic carbocycles. The second-order valence-corrected chi connectivity index (χ2v) is 6.02. The molecule has 148 valence electrons. The highest BCUT2D eigenvalue weighted by Gasteiger charge is 2.28. The molecule has 0 aliphatic rings. The van der Waals surface area contributed by atoms with E-state index in [9.17, 15) is 27.6 Å². The minimum atomic E-state index is -4.59. The molecular formula is C18H15ClF3N3O3. The third-order valence-corrected chi connectivity index (χ3v) is 3.64. The number of imide groups is 1. The predicted octanol–water partition coefficient (Wildman–Crippen LogP) is 3.37. The molecule has 6 nitrogen and oxygen atoms in total. The van der Waals surface area contributed by atoms with E-state index in [1.165, 1.54) is 23.5 Å². The Balaban J connectivity index is 2.01. The topological polar surface area (TPSA) is 87.3 Å². The Bertz CT molecular complexity index is 873. The number of benzene rings is 2. The average Bonchev–Trinajstić information content (AvgIpc) is 2.65. The Labute approximate surface area is 163 Å². The highest BCUT2D eigenvalue weighted by Crippen LogP contribution is 2.23. The molecule has 0 aliphatic heterocycles. The van der Waals surface area contributed by atoms with Crippen LogP contribution < -0.4 is 16.0 Å². The van der Waals surface area contributed by atoms with Crippen molar-refractivity contribution < 1.29 is 27.6 Å². The fourth-order valence-electron chi connectivity index (χ4n) is 2.17. The summed E-state index contributed by atoms with van der Waals surface area (Å²) in [6, 6.07) is 11.5. The number of alkyl halides is 3. The summed E-state index contributed by atoms with van der Waals surface area (Å²) in [6.45, 7) is -2.01. The summed E-state index contributed by atoms with van der Waals surface area (Å²) in [7, 11) is 0. The minimum absolute atomic E-state index is 0.202. The van der Waals surface area contributed by atoms with Crippen molar-refractivity contribution in [2.45, 2.75) is 6.18 Å². The van der Waals surface area contributed by atoms with Gasteiger partial charge in [0.05, 0.1) is 6.54 Å². The summed E-state index contributed by atoms with van der Waals surface area (Å²) in [6.07, 6.45) is -4.59. The van der Waals surface area contributed by atoms with Gasteiger partial charge in [0.25, 0.3) is 0 Å². The molecule has 10 heteroatoms. The van der Waals surface area contributed by atoms with Crippen molar-refractivity contribution in [3.8, 4) is 0 Å². The molecule has 0 bridgehead atoms. The van der Waals surface area contributed by atoms with Gasteiger partial charge in [-0.3, -0.25) is 14.9 Å². The average molecular weight is 414 g/mol. The number of rotatable bonds is 6. The van der Waals surface area contributed by atoms with Gasteiger partial charge in [-0.15, -0.1) is 0 Å². The van der Waals surface area contributed by atoms with Crippen LogP contribution in [0.4, 0.5) is 23.7 Å². The minimum Gasteiger partial charge on any atom is -0.376 e. The van der Waals surface area contributed by atoms with E-state index in [0.29, 0.717) is 10.6 Å². The molecule has 0 heterocycles. The predicted molar refractivity (Wildman–Crippen MR) is 97.4 cm³/mol. The molecule has 0 aromatic heterocycles. The first-order chi connectivity index (χ1) is 13.2. The van der Waals surface area contributed by atoms with E-state index in [4.69, 9.17) is 11.6 Å². The second kappa shape index (κ2) is 9.23. The number of amides is 3. The molecular weight excluding hydrogens is 399 g/mol. The van der Waals surface area contributed by atoms with Gasteiger partial charge in [-0.1, -0.05) is 41.9 Å². The van der Waals surface area contributed by atoms with Crippen LogP contribution >= 0.6 is 11.6 Å². The van der Waals surface area contributed by atoms with Gasteiger partial charge >= 0.3 is 12.2 Å². The molecule has 2 rings (SSSR count). The van der Waals surface area contributed by atoms with Crippen LogP contribution in [-0.2, 0) is 4.79 Å². The third-order valence-electron chi connectivity index (χ3n) is 3.40. The van der Waals surface area contributed by atoms with Crippen LogP contribution in [0.2, 0.25) is 5.02 Å². The van der Waals surface area contributed by atoms with E-state index in [1.54, 1.807) is 35.6 Å². The van der Waals surface area contributed by atoms with Gasteiger partial charge in [-0.2, -0.15) is 13.2 Å². The summed E-state index contributed by atoms with van der Waals surface area (Å²) in [4.78, 5) is 35.7. The van der Waals surface area contributed by atoms with Crippen molar-refractivity contribution in [2.24, 2.45) is 0 Å². The Morgan fingerprint density at radius 2 is 1.68 bits per heavy atom. The first kappa shape index (κ1) is 21.2. The first-order valence-electron chi connectivity index (χ1n) is 7.93. The van der Waals surface area contributed by atoms with E-state index in [1.807, 2.05) is 0 Å². The SMILES string of the molecule is O=C(CNc1ccc(Cl)cc1C(=O)c1ccccc1)NC(=O)NCC(F)(F)F. The Hall–Kier alpha value is -3.07. The summed E-state index contributed by atoms with van der Waals surface area (Å²) < 4.78 is 36.1. The lowest BCUT2D eigenvalue weighted by atomic mass is 10.0. The molecule has 0 spiro atoms. The van der Waals surface area contributed by atoms with Crippen molar-refractivity contribution in [1.29, 1.82) is 0 Å². The van der Waals surface area contributed by atoms with Crippen LogP contribution in [0.25, 0.3) is 0 Å². The smallest absolute Gasteiger partial charge is 0.376 e. The van der Waals surface area contributed by atoms with Crippen LogP contribution in [0.15, 0.2) is 48.5 Å². The number of anilines is 1. The van der Waals surface area contributed by atoms with Crippen molar-refractivity contribution in [3.05, 3.63) is 64.7 Å². The van der Waals surface area contributed by atoms with E-state index in [-0.39, 0.29) is 17.0 Å². The van der Waals surface area contributed by atoms with Crippen molar-refractivity contribution in [2.75, 3.05) is 18.4 Å². The number of carbonyl (C=O) groups excluding carboxylic acids is 3. The van der Waals surface area contributed by atoms with Gasteiger partial charge in [0.1, 0.15) is 6.54 Å². The molecule has 0 fully saturated rings. The number of urea groups is 1. The largest absolute Gasteiger partial charge is 0.405 e. The van der Waals surface area contributed by atoms with E-state index in [2.05, 4.69) is 5.32 Å².